The summed E-state index contributed by atoms with van der Waals surface area (Å²) in [6, 6.07) is -0.0893. The lowest BCUT2D eigenvalue weighted by atomic mass is 10.2. The van der Waals surface area contributed by atoms with Crippen molar-refractivity contribution >= 4 is 6.09 Å². The Hall–Kier alpha value is -0.890. The average Bonchev–Trinajstić information content (AvgIpc) is 2.80. The van der Waals surface area contributed by atoms with Crippen molar-refractivity contribution in [3.63, 3.8) is 0 Å². The number of rotatable bonds is 4. The van der Waals surface area contributed by atoms with Gasteiger partial charge in [0, 0.05) is 32.7 Å². The van der Waals surface area contributed by atoms with E-state index >= 15 is 0 Å². The molecule has 2 N–H and O–H groups in total. The highest BCUT2D eigenvalue weighted by Gasteiger charge is 2.35. The molecule has 7 heteroatoms. The van der Waals surface area contributed by atoms with E-state index in [9.17, 15) is 9.90 Å². The van der Waals surface area contributed by atoms with Crippen LogP contribution in [0.1, 0.15) is 20.8 Å². The third-order valence-corrected chi connectivity index (χ3v) is 3.88. The van der Waals surface area contributed by atoms with Crippen molar-refractivity contribution in [1.29, 1.82) is 0 Å². The monoisotopic (exact) mass is 315 g/mol. The van der Waals surface area contributed by atoms with Crippen molar-refractivity contribution in [3.8, 4) is 0 Å². The fourth-order valence-electron chi connectivity index (χ4n) is 2.70. The second kappa shape index (κ2) is 7.59. The number of aliphatic hydroxyl groups is 1. The third-order valence-electron chi connectivity index (χ3n) is 3.88. The van der Waals surface area contributed by atoms with Crippen molar-refractivity contribution in [1.82, 2.24) is 15.1 Å². The van der Waals surface area contributed by atoms with Crippen LogP contribution >= 0.6 is 0 Å². The first-order valence-corrected chi connectivity index (χ1v) is 8.04. The Morgan fingerprint density at radius 2 is 2.00 bits per heavy atom. The summed E-state index contributed by atoms with van der Waals surface area (Å²) in [5.41, 5.74) is -0.510. The van der Waals surface area contributed by atoms with E-state index < -0.39 is 11.7 Å². The molecule has 2 fully saturated rings. The lowest BCUT2D eigenvalue weighted by Gasteiger charge is -2.27. The Morgan fingerprint density at radius 3 is 2.64 bits per heavy atom. The van der Waals surface area contributed by atoms with Crippen LogP contribution in [0.4, 0.5) is 4.79 Å². The molecule has 0 bridgehead atoms. The highest BCUT2D eigenvalue weighted by molar-refractivity contribution is 5.68. The number of hydrogen-bond acceptors (Lipinski definition) is 6. The van der Waals surface area contributed by atoms with Gasteiger partial charge in [0.2, 0.25) is 0 Å². The number of nitrogens with one attached hydrogen (secondary N) is 1. The summed E-state index contributed by atoms with van der Waals surface area (Å²) in [4.78, 5) is 15.9. The number of hydrogen-bond donors (Lipinski definition) is 2. The molecule has 0 aromatic rings. The molecule has 1 amide bonds. The number of β-amino-alcohol motifs (C(OH)–C–C–N with tert-alkyl or cyclic N) is 1. The summed E-state index contributed by atoms with van der Waals surface area (Å²) in [6.45, 7) is 11.6. The van der Waals surface area contributed by atoms with E-state index in [0.29, 0.717) is 13.1 Å². The first-order chi connectivity index (χ1) is 10.3. The summed E-state index contributed by atoms with van der Waals surface area (Å²) in [5, 5.41) is 13.4. The Morgan fingerprint density at radius 1 is 1.32 bits per heavy atom. The summed E-state index contributed by atoms with van der Waals surface area (Å²) >= 11 is 0. The molecule has 7 nitrogen and oxygen atoms in total. The zero-order chi connectivity index (χ0) is 16.2. The highest BCUT2D eigenvalue weighted by atomic mass is 16.6. The molecule has 2 atom stereocenters. The smallest absolute Gasteiger partial charge is 0.410 e. The van der Waals surface area contributed by atoms with Gasteiger partial charge < -0.3 is 24.8 Å². The van der Waals surface area contributed by atoms with Crippen LogP contribution in [0.3, 0.4) is 0 Å². The fourth-order valence-corrected chi connectivity index (χ4v) is 2.70. The van der Waals surface area contributed by atoms with Gasteiger partial charge in [0.1, 0.15) is 5.60 Å². The van der Waals surface area contributed by atoms with Crippen LogP contribution in [0, 0.1) is 0 Å². The Kier molecular flexibility index (Phi) is 6.02. The van der Waals surface area contributed by atoms with Gasteiger partial charge in [-0.3, -0.25) is 4.90 Å². The minimum absolute atomic E-state index is 0.0893. The van der Waals surface area contributed by atoms with Gasteiger partial charge >= 0.3 is 6.09 Å². The summed E-state index contributed by atoms with van der Waals surface area (Å²) in [7, 11) is 0. The molecule has 2 rings (SSSR count). The van der Waals surface area contributed by atoms with E-state index in [2.05, 4.69) is 10.2 Å². The van der Waals surface area contributed by atoms with Gasteiger partial charge in [-0.1, -0.05) is 0 Å². The molecule has 22 heavy (non-hydrogen) atoms. The first-order valence-electron chi connectivity index (χ1n) is 8.04. The van der Waals surface area contributed by atoms with Crippen LogP contribution in [0.15, 0.2) is 0 Å². The Labute approximate surface area is 132 Å². The Balaban J connectivity index is 1.70. The van der Waals surface area contributed by atoms with Crippen LogP contribution in [-0.2, 0) is 9.47 Å². The molecule has 0 aliphatic carbocycles. The SMILES string of the molecule is CC(C)(C)OC(=O)N1C[C@@H](O)[C@H](NCCN2CCOCC2)C1. The quantitative estimate of drug-likeness (QED) is 0.754. The number of carbonyl (C=O) groups is 1. The van der Waals surface area contributed by atoms with Crippen molar-refractivity contribution < 1.29 is 19.4 Å². The highest BCUT2D eigenvalue weighted by Crippen LogP contribution is 2.15. The maximum Gasteiger partial charge on any atom is 0.410 e. The van der Waals surface area contributed by atoms with E-state index in [1.165, 1.54) is 0 Å². The van der Waals surface area contributed by atoms with Gasteiger partial charge in [0.25, 0.3) is 0 Å². The van der Waals surface area contributed by atoms with E-state index in [-0.39, 0.29) is 12.1 Å². The van der Waals surface area contributed by atoms with Crippen LogP contribution in [0.2, 0.25) is 0 Å². The molecular weight excluding hydrogens is 286 g/mol. The van der Waals surface area contributed by atoms with Crippen LogP contribution in [0.25, 0.3) is 0 Å². The number of morpholine rings is 1. The lowest BCUT2D eigenvalue weighted by Crippen LogP contribution is -2.45. The summed E-state index contributed by atoms with van der Waals surface area (Å²) in [5.74, 6) is 0. The van der Waals surface area contributed by atoms with E-state index in [1.54, 1.807) is 4.90 Å². The number of nitrogens with zero attached hydrogens (tertiary/aromatic N) is 2. The minimum atomic E-state index is -0.544. The molecule has 0 saturated carbocycles. The van der Waals surface area contributed by atoms with Gasteiger partial charge in [0.05, 0.1) is 31.9 Å². The molecule has 2 aliphatic heterocycles. The molecule has 128 valence electrons. The van der Waals surface area contributed by atoms with Gasteiger partial charge in [-0.2, -0.15) is 0 Å². The first kappa shape index (κ1) is 17.5. The largest absolute Gasteiger partial charge is 0.444 e. The zero-order valence-corrected chi connectivity index (χ0v) is 13.9. The molecule has 2 aliphatic rings. The average molecular weight is 315 g/mol. The number of carbonyl (C=O) groups excluding carboxylic acids is 1. The van der Waals surface area contributed by atoms with Crippen molar-refractivity contribution in [3.05, 3.63) is 0 Å². The number of ether oxygens (including phenoxy) is 2. The standard InChI is InChI=1S/C15H29N3O4/c1-15(2,3)22-14(20)18-10-12(13(19)11-18)16-4-5-17-6-8-21-9-7-17/h12-13,16,19H,4-11H2,1-3H3/t12-,13-/m1/s1. The molecule has 0 aromatic heterocycles. The summed E-state index contributed by atoms with van der Waals surface area (Å²) < 4.78 is 10.7. The normalized spacial score (nSPS) is 27.2. The minimum Gasteiger partial charge on any atom is -0.444 e. The van der Waals surface area contributed by atoms with E-state index in [4.69, 9.17) is 9.47 Å². The van der Waals surface area contributed by atoms with Gasteiger partial charge in [-0.25, -0.2) is 4.79 Å². The number of likely N-dealkylation sites (tertiary alicyclic amines) is 1. The van der Waals surface area contributed by atoms with Crippen molar-refractivity contribution in [2.24, 2.45) is 0 Å². The predicted octanol–water partition coefficient (Wildman–Crippen LogP) is -0.112. The number of amides is 1. The maximum atomic E-state index is 12.0. The third kappa shape index (κ3) is 5.39. The van der Waals surface area contributed by atoms with E-state index in [0.717, 1.165) is 39.4 Å². The molecule has 0 unspecified atom stereocenters. The van der Waals surface area contributed by atoms with Gasteiger partial charge in [-0.15, -0.1) is 0 Å². The molecule has 0 aromatic carbocycles. The zero-order valence-electron chi connectivity index (χ0n) is 13.9. The second-order valence-corrected chi connectivity index (χ2v) is 6.97. The van der Waals surface area contributed by atoms with E-state index in [1.807, 2.05) is 20.8 Å². The molecule has 2 saturated heterocycles. The predicted molar refractivity (Wildman–Crippen MR) is 82.9 cm³/mol. The second-order valence-electron chi connectivity index (χ2n) is 6.97. The van der Waals surface area contributed by atoms with Gasteiger partial charge in [0.15, 0.2) is 0 Å². The van der Waals surface area contributed by atoms with Crippen LogP contribution in [-0.4, -0.2) is 91.2 Å². The van der Waals surface area contributed by atoms with Crippen molar-refractivity contribution in [2.45, 2.75) is 38.5 Å². The Bertz CT molecular complexity index is 366. The fraction of sp³-hybridized carbons (Fsp3) is 0.933. The molecule has 0 spiro atoms. The maximum absolute atomic E-state index is 12.0. The topological polar surface area (TPSA) is 74.3 Å². The lowest BCUT2D eigenvalue weighted by molar-refractivity contribution is 0.0269. The molecule has 0 radical (unpaired) electrons. The molecule has 2 heterocycles. The summed E-state index contributed by atoms with van der Waals surface area (Å²) in [6.07, 6.45) is -0.902. The van der Waals surface area contributed by atoms with Crippen LogP contribution in [0.5, 0.6) is 0 Å². The number of aliphatic hydroxyl groups excluding tert-OH is 1. The van der Waals surface area contributed by atoms with Crippen molar-refractivity contribution in [2.75, 3.05) is 52.5 Å². The van der Waals surface area contributed by atoms with Gasteiger partial charge in [-0.05, 0) is 20.8 Å². The van der Waals surface area contributed by atoms with Crippen LogP contribution < -0.4 is 5.32 Å². The molecular formula is C15H29N3O4.